The number of carbonyl (C=O) groups is 2. The number of benzene rings is 2. The lowest BCUT2D eigenvalue weighted by Gasteiger charge is -2.08. The van der Waals surface area contributed by atoms with Crippen LogP contribution in [0, 0.1) is 5.82 Å². The molecule has 0 saturated carbocycles. The van der Waals surface area contributed by atoms with Crippen LogP contribution >= 0.6 is 15.9 Å². The van der Waals surface area contributed by atoms with E-state index in [1.165, 1.54) is 12.1 Å². The smallest absolute Gasteiger partial charge is 0.307 e. The van der Waals surface area contributed by atoms with Crippen LogP contribution in [-0.2, 0) is 11.2 Å². The highest BCUT2D eigenvalue weighted by Crippen LogP contribution is 2.20. The van der Waals surface area contributed by atoms with Gasteiger partial charge in [0.2, 0.25) is 0 Å². The van der Waals surface area contributed by atoms with Gasteiger partial charge in [0.25, 0.3) is 5.91 Å². The highest BCUT2D eigenvalue weighted by Gasteiger charge is 2.14. The Morgan fingerprint density at radius 2 is 1.90 bits per heavy atom. The lowest BCUT2D eigenvalue weighted by Crippen LogP contribution is -2.14. The zero-order valence-electron chi connectivity index (χ0n) is 10.8. The topological polar surface area (TPSA) is 66.4 Å². The zero-order valence-corrected chi connectivity index (χ0v) is 12.4. The predicted molar refractivity (Wildman–Crippen MR) is 79.8 cm³/mol. The second-order valence-electron chi connectivity index (χ2n) is 4.33. The minimum Gasteiger partial charge on any atom is -0.481 e. The summed E-state index contributed by atoms with van der Waals surface area (Å²) in [5.74, 6) is -2.20. The number of halogens is 2. The molecule has 0 aromatic heterocycles. The molecule has 1 amide bonds. The van der Waals surface area contributed by atoms with Crippen LogP contribution in [-0.4, -0.2) is 17.0 Å². The summed E-state index contributed by atoms with van der Waals surface area (Å²) in [6.07, 6.45) is -0.144. The number of rotatable bonds is 4. The Morgan fingerprint density at radius 3 is 2.62 bits per heavy atom. The van der Waals surface area contributed by atoms with E-state index in [0.717, 1.165) is 0 Å². The van der Waals surface area contributed by atoms with Gasteiger partial charge in [0.15, 0.2) is 0 Å². The maximum absolute atomic E-state index is 13.8. The van der Waals surface area contributed by atoms with E-state index in [-0.39, 0.29) is 16.5 Å². The van der Waals surface area contributed by atoms with Gasteiger partial charge < -0.3 is 10.4 Å². The average Bonchev–Trinajstić information content (AvgIpc) is 2.41. The maximum Gasteiger partial charge on any atom is 0.307 e. The Morgan fingerprint density at radius 1 is 1.19 bits per heavy atom. The molecule has 0 unspecified atom stereocenters. The maximum atomic E-state index is 13.8. The van der Waals surface area contributed by atoms with E-state index in [4.69, 9.17) is 5.11 Å². The lowest BCUT2D eigenvalue weighted by molar-refractivity contribution is -0.136. The summed E-state index contributed by atoms with van der Waals surface area (Å²) in [5.41, 5.74) is 0.876. The number of carboxylic acids is 1. The van der Waals surface area contributed by atoms with Crippen molar-refractivity contribution in [2.45, 2.75) is 6.42 Å². The van der Waals surface area contributed by atoms with E-state index in [9.17, 15) is 14.0 Å². The van der Waals surface area contributed by atoms with Crippen molar-refractivity contribution >= 4 is 33.5 Å². The molecule has 2 rings (SSSR count). The van der Waals surface area contributed by atoms with Gasteiger partial charge in [-0.1, -0.05) is 18.2 Å². The fraction of sp³-hybridized carbons (Fsp3) is 0.0667. The van der Waals surface area contributed by atoms with Gasteiger partial charge in [0.1, 0.15) is 5.82 Å². The third-order valence-electron chi connectivity index (χ3n) is 2.74. The minimum absolute atomic E-state index is 0.0898. The molecule has 2 N–H and O–H groups in total. The summed E-state index contributed by atoms with van der Waals surface area (Å²) in [4.78, 5) is 22.7. The summed E-state index contributed by atoms with van der Waals surface area (Å²) in [6, 6.07) is 10.9. The summed E-state index contributed by atoms with van der Waals surface area (Å²) >= 11 is 3.02. The predicted octanol–water partition coefficient (Wildman–Crippen LogP) is 3.47. The number of amides is 1. The molecule has 0 aliphatic rings. The molecule has 0 heterocycles. The second-order valence-corrected chi connectivity index (χ2v) is 5.18. The Kier molecular flexibility index (Phi) is 4.70. The number of aliphatic carboxylic acids is 1. The number of carboxylic acid groups (broad SMARTS) is 1. The molecule has 6 heteroatoms. The van der Waals surface area contributed by atoms with Gasteiger partial charge in [-0.3, -0.25) is 9.59 Å². The first-order chi connectivity index (χ1) is 9.97. The normalized spacial score (nSPS) is 10.2. The zero-order chi connectivity index (χ0) is 15.4. The third-order valence-corrected chi connectivity index (χ3v) is 3.35. The molecule has 0 saturated heterocycles. The molecule has 4 nitrogen and oxygen atoms in total. The third kappa shape index (κ3) is 3.88. The Labute approximate surface area is 128 Å². The number of hydrogen-bond acceptors (Lipinski definition) is 2. The van der Waals surface area contributed by atoms with Crippen LogP contribution in [0.15, 0.2) is 46.9 Å². The summed E-state index contributed by atoms with van der Waals surface area (Å²) in [5, 5.41) is 11.3. The summed E-state index contributed by atoms with van der Waals surface area (Å²) < 4.78 is 14.0. The first kappa shape index (κ1) is 15.2. The molecule has 21 heavy (non-hydrogen) atoms. The largest absolute Gasteiger partial charge is 0.481 e. The van der Waals surface area contributed by atoms with Crippen molar-refractivity contribution in [1.82, 2.24) is 0 Å². The van der Waals surface area contributed by atoms with Gasteiger partial charge in [0, 0.05) is 5.69 Å². The number of carbonyl (C=O) groups excluding carboxylic acids is 1. The Bertz CT molecular complexity index is 703. The van der Waals surface area contributed by atoms with Crippen molar-refractivity contribution in [2.75, 3.05) is 5.32 Å². The lowest BCUT2D eigenvalue weighted by atomic mass is 10.1. The van der Waals surface area contributed by atoms with E-state index in [1.807, 2.05) is 0 Å². The summed E-state index contributed by atoms with van der Waals surface area (Å²) in [7, 11) is 0. The van der Waals surface area contributed by atoms with E-state index in [0.29, 0.717) is 11.3 Å². The minimum atomic E-state index is -0.962. The van der Waals surface area contributed by atoms with E-state index in [2.05, 4.69) is 21.2 Å². The van der Waals surface area contributed by atoms with Gasteiger partial charge in [-0.2, -0.15) is 0 Å². The highest BCUT2D eigenvalue weighted by molar-refractivity contribution is 9.10. The van der Waals surface area contributed by atoms with Crippen molar-refractivity contribution < 1.29 is 19.1 Å². The first-order valence-electron chi connectivity index (χ1n) is 6.03. The van der Waals surface area contributed by atoms with Gasteiger partial charge in [-0.15, -0.1) is 0 Å². The molecule has 0 bridgehead atoms. The van der Waals surface area contributed by atoms with E-state index < -0.39 is 17.7 Å². The fourth-order valence-electron chi connectivity index (χ4n) is 1.81. The molecule has 0 aliphatic heterocycles. The molecule has 2 aromatic rings. The number of anilines is 1. The molecular formula is C15H11BrFNO3. The first-order valence-corrected chi connectivity index (χ1v) is 6.83. The van der Waals surface area contributed by atoms with Crippen LogP contribution in [0.5, 0.6) is 0 Å². The van der Waals surface area contributed by atoms with Crippen LogP contribution in [0.3, 0.4) is 0 Å². The van der Waals surface area contributed by atoms with Crippen LogP contribution < -0.4 is 5.32 Å². The summed E-state index contributed by atoms with van der Waals surface area (Å²) in [6.45, 7) is 0. The molecular weight excluding hydrogens is 341 g/mol. The van der Waals surface area contributed by atoms with Gasteiger partial charge in [0.05, 0.1) is 16.5 Å². The van der Waals surface area contributed by atoms with Crippen LogP contribution in [0.1, 0.15) is 15.9 Å². The molecule has 0 fully saturated rings. The Hall–Kier alpha value is -2.21. The van der Waals surface area contributed by atoms with Crippen molar-refractivity contribution in [3.8, 4) is 0 Å². The van der Waals surface area contributed by atoms with E-state index >= 15 is 0 Å². The molecule has 2 aromatic carbocycles. The molecule has 108 valence electrons. The SMILES string of the molecule is O=C(O)Cc1cccc(NC(=O)c2cccc(Br)c2F)c1. The average molecular weight is 352 g/mol. The molecule has 0 aliphatic carbocycles. The van der Waals surface area contributed by atoms with Crippen LogP contribution in [0.4, 0.5) is 10.1 Å². The van der Waals surface area contributed by atoms with Gasteiger partial charge in [-0.05, 0) is 45.8 Å². The molecule has 0 radical (unpaired) electrons. The highest BCUT2D eigenvalue weighted by atomic mass is 79.9. The fourth-order valence-corrected chi connectivity index (χ4v) is 2.18. The van der Waals surface area contributed by atoms with Crippen LogP contribution in [0.25, 0.3) is 0 Å². The quantitative estimate of drug-likeness (QED) is 0.886. The monoisotopic (exact) mass is 351 g/mol. The van der Waals surface area contributed by atoms with Crippen molar-refractivity contribution in [3.05, 3.63) is 63.9 Å². The number of hydrogen-bond donors (Lipinski definition) is 2. The second kappa shape index (κ2) is 6.49. The van der Waals surface area contributed by atoms with Crippen molar-refractivity contribution in [1.29, 1.82) is 0 Å². The van der Waals surface area contributed by atoms with Crippen molar-refractivity contribution in [3.63, 3.8) is 0 Å². The van der Waals surface area contributed by atoms with Crippen molar-refractivity contribution in [2.24, 2.45) is 0 Å². The van der Waals surface area contributed by atoms with Gasteiger partial charge in [-0.25, -0.2) is 4.39 Å². The molecule has 0 spiro atoms. The molecule has 0 atom stereocenters. The van der Waals surface area contributed by atoms with E-state index in [1.54, 1.807) is 30.3 Å². The number of nitrogens with one attached hydrogen (secondary N) is 1. The van der Waals surface area contributed by atoms with Gasteiger partial charge >= 0.3 is 5.97 Å². The van der Waals surface area contributed by atoms with Crippen LogP contribution in [0.2, 0.25) is 0 Å². The Balaban J connectivity index is 2.20. The standard InChI is InChI=1S/C15H11BrFNO3/c16-12-6-2-5-11(14(12)17)15(21)18-10-4-1-3-9(7-10)8-13(19)20/h1-7H,8H2,(H,18,21)(H,19,20).